The van der Waals surface area contributed by atoms with Crippen molar-refractivity contribution >= 4 is 0 Å². The third kappa shape index (κ3) is 1.96. The Morgan fingerprint density at radius 1 is 1.29 bits per heavy atom. The van der Waals surface area contributed by atoms with Crippen LogP contribution in [0.15, 0.2) is 30.3 Å². The first kappa shape index (κ1) is 9.27. The van der Waals surface area contributed by atoms with E-state index in [0.717, 1.165) is 12.3 Å². The van der Waals surface area contributed by atoms with Gasteiger partial charge in [-0.05, 0) is 17.9 Å². The second-order valence-corrected chi connectivity index (χ2v) is 4.13. The van der Waals surface area contributed by atoms with Gasteiger partial charge in [-0.2, -0.15) is 5.26 Å². The Bertz CT molecular complexity index is 319. The van der Waals surface area contributed by atoms with Crippen LogP contribution < -0.4 is 0 Å². The molecule has 1 nitrogen and oxygen atoms in total. The van der Waals surface area contributed by atoms with Crippen LogP contribution in [0.5, 0.6) is 0 Å². The number of nitriles is 1. The summed E-state index contributed by atoms with van der Waals surface area (Å²) in [4.78, 5) is 0. The maximum absolute atomic E-state index is 9.10. The van der Waals surface area contributed by atoms with Gasteiger partial charge >= 0.3 is 0 Å². The summed E-state index contributed by atoms with van der Waals surface area (Å²) in [7, 11) is 0. The molecule has 0 unspecified atom stereocenters. The summed E-state index contributed by atoms with van der Waals surface area (Å²) in [5.74, 6) is 0.918. The summed E-state index contributed by atoms with van der Waals surface area (Å²) in [5, 5.41) is 9.10. The average Bonchev–Trinajstić information content (AvgIpc) is 2.18. The molecule has 0 heterocycles. The summed E-state index contributed by atoms with van der Waals surface area (Å²) in [6.45, 7) is 0. The van der Waals surface area contributed by atoms with Crippen LogP contribution in [0, 0.1) is 17.2 Å². The minimum atomic E-state index is 0.112. The fourth-order valence-corrected chi connectivity index (χ4v) is 2.01. The van der Waals surface area contributed by atoms with Gasteiger partial charge in [-0.1, -0.05) is 49.6 Å². The van der Waals surface area contributed by atoms with Crippen LogP contribution in [0.3, 0.4) is 0 Å². The Hall–Kier alpha value is -1.29. The minimum absolute atomic E-state index is 0.112. The Balaban J connectivity index is 2.02. The van der Waals surface area contributed by atoms with E-state index in [0.29, 0.717) is 0 Å². The highest BCUT2D eigenvalue weighted by atomic mass is 14.3. The molecule has 2 rings (SSSR count). The molecule has 1 heteroatoms. The highest BCUT2D eigenvalue weighted by molar-refractivity contribution is 5.24. The van der Waals surface area contributed by atoms with Gasteiger partial charge in [0.25, 0.3) is 0 Å². The molecule has 72 valence electrons. The summed E-state index contributed by atoms with van der Waals surface area (Å²) in [5.41, 5.74) is 1.18. The fourth-order valence-electron chi connectivity index (χ4n) is 2.01. The van der Waals surface area contributed by atoms with Crippen LogP contribution in [-0.2, 0) is 0 Å². The molecule has 0 amide bonds. The molecule has 1 aromatic carbocycles. The standard InChI is InChI=1S/C13H15N/c14-10-13(9-11-5-4-6-11)12-7-2-1-3-8-12/h1-3,7-8,11,13H,4-6,9H2/t13-/m0/s1. The number of benzene rings is 1. The van der Waals surface area contributed by atoms with Crippen LogP contribution in [0.2, 0.25) is 0 Å². The molecule has 0 aliphatic heterocycles. The van der Waals surface area contributed by atoms with E-state index in [-0.39, 0.29) is 5.92 Å². The molecule has 0 radical (unpaired) electrons. The van der Waals surface area contributed by atoms with E-state index in [1.165, 1.54) is 24.8 Å². The Morgan fingerprint density at radius 2 is 2.00 bits per heavy atom. The largest absolute Gasteiger partial charge is 0.198 e. The zero-order chi connectivity index (χ0) is 9.80. The van der Waals surface area contributed by atoms with Gasteiger partial charge in [-0.15, -0.1) is 0 Å². The molecular formula is C13H15N. The van der Waals surface area contributed by atoms with E-state index >= 15 is 0 Å². The number of hydrogen-bond acceptors (Lipinski definition) is 1. The molecule has 0 N–H and O–H groups in total. The maximum atomic E-state index is 9.10. The van der Waals surface area contributed by atoms with Crippen molar-refractivity contribution < 1.29 is 0 Å². The minimum Gasteiger partial charge on any atom is -0.198 e. The molecular weight excluding hydrogens is 170 g/mol. The summed E-state index contributed by atoms with van der Waals surface area (Å²) >= 11 is 0. The Labute approximate surface area is 85.4 Å². The molecule has 1 saturated carbocycles. The van der Waals surface area contributed by atoms with Crippen molar-refractivity contribution in [2.24, 2.45) is 5.92 Å². The summed E-state index contributed by atoms with van der Waals surface area (Å²) in [6, 6.07) is 12.6. The average molecular weight is 185 g/mol. The van der Waals surface area contributed by atoms with Gasteiger partial charge < -0.3 is 0 Å². The van der Waals surface area contributed by atoms with E-state index < -0.39 is 0 Å². The van der Waals surface area contributed by atoms with Gasteiger partial charge in [-0.25, -0.2) is 0 Å². The number of nitrogens with zero attached hydrogens (tertiary/aromatic N) is 1. The van der Waals surface area contributed by atoms with Crippen LogP contribution in [0.25, 0.3) is 0 Å². The smallest absolute Gasteiger partial charge is 0.0715 e. The van der Waals surface area contributed by atoms with E-state index in [4.69, 9.17) is 5.26 Å². The first-order valence-corrected chi connectivity index (χ1v) is 5.34. The predicted octanol–water partition coefficient (Wildman–Crippen LogP) is 3.48. The van der Waals surface area contributed by atoms with Crippen molar-refractivity contribution in [3.63, 3.8) is 0 Å². The fraction of sp³-hybridized carbons (Fsp3) is 0.462. The highest BCUT2D eigenvalue weighted by Gasteiger charge is 2.22. The molecule has 0 aromatic heterocycles. The van der Waals surface area contributed by atoms with Crippen LogP contribution in [0.4, 0.5) is 0 Å². The van der Waals surface area contributed by atoms with Crippen molar-refractivity contribution in [1.29, 1.82) is 5.26 Å². The van der Waals surface area contributed by atoms with Gasteiger partial charge in [0, 0.05) is 0 Å². The third-order valence-corrected chi connectivity index (χ3v) is 3.15. The zero-order valence-electron chi connectivity index (χ0n) is 8.32. The van der Waals surface area contributed by atoms with Crippen molar-refractivity contribution in [3.05, 3.63) is 35.9 Å². The lowest BCUT2D eigenvalue weighted by atomic mass is 9.78. The normalized spacial score (nSPS) is 18.2. The lowest BCUT2D eigenvalue weighted by molar-refractivity contribution is 0.288. The van der Waals surface area contributed by atoms with Crippen molar-refractivity contribution in [3.8, 4) is 6.07 Å². The van der Waals surface area contributed by atoms with Gasteiger partial charge in [-0.3, -0.25) is 0 Å². The Morgan fingerprint density at radius 3 is 2.50 bits per heavy atom. The van der Waals surface area contributed by atoms with Gasteiger partial charge in [0.05, 0.1) is 12.0 Å². The Kier molecular flexibility index (Phi) is 2.84. The summed E-state index contributed by atoms with van der Waals surface area (Å²) in [6.07, 6.45) is 5.06. The zero-order valence-corrected chi connectivity index (χ0v) is 8.32. The van der Waals surface area contributed by atoms with Crippen LogP contribution in [-0.4, -0.2) is 0 Å². The van der Waals surface area contributed by atoms with Gasteiger partial charge in [0.1, 0.15) is 0 Å². The van der Waals surface area contributed by atoms with E-state index in [1.807, 2.05) is 18.2 Å². The third-order valence-electron chi connectivity index (χ3n) is 3.15. The second kappa shape index (κ2) is 4.28. The van der Waals surface area contributed by atoms with E-state index in [2.05, 4.69) is 18.2 Å². The van der Waals surface area contributed by atoms with Gasteiger partial charge in [0.2, 0.25) is 0 Å². The first-order chi connectivity index (χ1) is 6.90. The monoisotopic (exact) mass is 185 g/mol. The van der Waals surface area contributed by atoms with Crippen molar-refractivity contribution in [2.45, 2.75) is 31.6 Å². The molecule has 1 aliphatic carbocycles. The SMILES string of the molecule is N#C[C@H](CC1CCC1)c1ccccc1. The van der Waals surface area contributed by atoms with Crippen LogP contribution >= 0.6 is 0 Å². The molecule has 14 heavy (non-hydrogen) atoms. The van der Waals surface area contributed by atoms with Gasteiger partial charge in [0.15, 0.2) is 0 Å². The van der Waals surface area contributed by atoms with E-state index in [9.17, 15) is 0 Å². The maximum Gasteiger partial charge on any atom is 0.0715 e. The molecule has 1 fully saturated rings. The molecule has 1 atom stereocenters. The lowest BCUT2D eigenvalue weighted by Gasteiger charge is -2.27. The summed E-state index contributed by atoms with van der Waals surface area (Å²) < 4.78 is 0. The number of hydrogen-bond donors (Lipinski definition) is 0. The molecule has 0 saturated heterocycles. The predicted molar refractivity (Wildman–Crippen MR) is 56.8 cm³/mol. The highest BCUT2D eigenvalue weighted by Crippen LogP contribution is 2.35. The quantitative estimate of drug-likeness (QED) is 0.707. The first-order valence-electron chi connectivity index (χ1n) is 5.34. The van der Waals surface area contributed by atoms with Crippen molar-refractivity contribution in [2.75, 3.05) is 0 Å². The van der Waals surface area contributed by atoms with Crippen molar-refractivity contribution in [1.82, 2.24) is 0 Å². The van der Waals surface area contributed by atoms with E-state index in [1.54, 1.807) is 0 Å². The molecule has 1 aliphatic rings. The lowest BCUT2D eigenvalue weighted by Crippen LogP contribution is -2.14. The number of rotatable bonds is 3. The molecule has 0 bridgehead atoms. The molecule has 0 spiro atoms. The molecule has 1 aromatic rings. The topological polar surface area (TPSA) is 23.8 Å². The second-order valence-electron chi connectivity index (χ2n) is 4.13. The van der Waals surface area contributed by atoms with Crippen LogP contribution in [0.1, 0.15) is 37.2 Å².